The fourth-order valence-electron chi connectivity index (χ4n) is 5.50. The number of aromatic nitrogens is 5. The third kappa shape index (κ3) is 10.5. The van der Waals surface area contributed by atoms with Crippen molar-refractivity contribution in [3.63, 3.8) is 0 Å². The molecule has 0 radical (unpaired) electrons. The Balaban J connectivity index is 1.07. The quantitative estimate of drug-likeness (QED) is 0.0757. The van der Waals surface area contributed by atoms with Gasteiger partial charge in [-0.05, 0) is 86.0 Å². The van der Waals surface area contributed by atoms with Crippen molar-refractivity contribution in [2.24, 2.45) is 0 Å². The maximum atomic E-state index is 13.1. The van der Waals surface area contributed by atoms with Crippen LogP contribution in [-0.2, 0) is 24.7 Å². The first-order valence-corrected chi connectivity index (χ1v) is 17.5. The minimum atomic E-state index is -4.65. The van der Waals surface area contributed by atoms with Gasteiger partial charge in [-0.25, -0.2) is 9.78 Å². The molecule has 1 fully saturated rings. The lowest BCUT2D eigenvalue weighted by Crippen LogP contribution is -2.50. The van der Waals surface area contributed by atoms with Gasteiger partial charge in [0.1, 0.15) is 11.9 Å². The predicted octanol–water partition coefficient (Wildman–Crippen LogP) is 4.83. The summed E-state index contributed by atoms with van der Waals surface area (Å²) in [4.78, 5) is 67.3. The van der Waals surface area contributed by atoms with Crippen LogP contribution in [0.1, 0.15) is 34.6 Å². The second kappa shape index (κ2) is 16.9. The molecule has 1 aliphatic rings. The number of anilines is 4. The number of esters is 1. The monoisotopic (exact) mass is 806 g/mol. The van der Waals surface area contributed by atoms with E-state index in [0.29, 0.717) is 29.2 Å². The molecule has 57 heavy (non-hydrogen) atoms. The molecule has 1 saturated carbocycles. The van der Waals surface area contributed by atoms with E-state index in [1.54, 1.807) is 48.8 Å². The van der Waals surface area contributed by atoms with Gasteiger partial charge in [0.05, 0.1) is 12.6 Å². The Labute approximate surface area is 327 Å². The Morgan fingerprint density at radius 1 is 0.895 bits per heavy atom. The average molecular weight is 807 g/mol. The van der Waals surface area contributed by atoms with E-state index >= 15 is 0 Å². The highest BCUT2D eigenvalue weighted by atomic mass is 35.5. The molecule has 0 unspecified atom stereocenters. The zero-order valence-corrected chi connectivity index (χ0v) is 30.9. The van der Waals surface area contributed by atoms with E-state index in [-0.39, 0.29) is 17.5 Å². The van der Waals surface area contributed by atoms with E-state index in [4.69, 9.17) is 21.1 Å². The number of carbonyl (C=O) groups excluding carboxylic acids is 4. The van der Waals surface area contributed by atoms with Gasteiger partial charge in [-0.2, -0.15) is 28.1 Å². The number of benzene rings is 3. The van der Waals surface area contributed by atoms with E-state index in [2.05, 4.69) is 46.5 Å². The summed E-state index contributed by atoms with van der Waals surface area (Å²) in [6, 6.07) is 17.5. The second-order valence-electron chi connectivity index (χ2n) is 12.7. The molecule has 6 rings (SSSR count). The normalized spacial score (nSPS) is 13.4. The first-order chi connectivity index (χ1) is 27.2. The molecule has 0 bridgehead atoms. The van der Waals surface area contributed by atoms with Gasteiger partial charge in [0, 0.05) is 46.6 Å². The van der Waals surface area contributed by atoms with Crippen molar-refractivity contribution < 1.29 is 41.8 Å². The molecule has 296 valence electrons. The zero-order valence-electron chi connectivity index (χ0n) is 30.2. The van der Waals surface area contributed by atoms with E-state index in [1.807, 2.05) is 23.6 Å². The van der Waals surface area contributed by atoms with Gasteiger partial charge in [0.2, 0.25) is 11.9 Å². The Bertz CT molecular complexity index is 2250. The van der Waals surface area contributed by atoms with Crippen molar-refractivity contribution in [1.82, 2.24) is 35.1 Å². The van der Waals surface area contributed by atoms with Crippen LogP contribution < -0.4 is 31.3 Å². The number of methoxy groups -OCH3 is 1. The minimum absolute atomic E-state index is 0.0399. The van der Waals surface area contributed by atoms with E-state index < -0.39 is 60.6 Å². The largest absolute Gasteiger partial charge is 0.467 e. The van der Waals surface area contributed by atoms with Gasteiger partial charge in [-0.15, -0.1) is 0 Å². The predicted molar refractivity (Wildman–Crippen MR) is 200 cm³/mol. The number of nitrogens with zero attached hydrogens (tertiary/aromatic N) is 5. The Morgan fingerprint density at radius 3 is 2.18 bits per heavy atom. The highest BCUT2D eigenvalue weighted by molar-refractivity contribution is 6.39. The first-order valence-electron chi connectivity index (χ1n) is 17.2. The van der Waals surface area contributed by atoms with Crippen LogP contribution in [0.4, 0.5) is 36.4 Å². The number of hydrogen-bond acceptors (Lipinski definition) is 12. The third-order valence-corrected chi connectivity index (χ3v) is 8.83. The minimum Gasteiger partial charge on any atom is -0.467 e. The van der Waals surface area contributed by atoms with Crippen LogP contribution in [0, 0.1) is 6.92 Å². The molecule has 2 aromatic heterocycles. The average Bonchev–Trinajstić information content (AvgIpc) is 3.84. The molecule has 1 atom stereocenters. The van der Waals surface area contributed by atoms with Crippen molar-refractivity contribution in [1.29, 1.82) is 0 Å². The maximum absolute atomic E-state index is 13.1. The summed E-state index contributed by atoms with van der Waals surface area (Å²) in [5.74, 6) is -3.11. The smallest absolute Gasteiger partial charge is 0.422 e. The maximum Gasteiger partial charge on any atom is 0.422 e. The van der Waals surface area contributed by atoms with E-state index in [9.17, 15) is 32.3 Å². The molecule has 0 saturated heterocycles. The van der Waals surface area contributed by atoms with E-state index in [1.165, 1.54) is 24.3 Å². The molecule has 0 aliphatic heterocycles. The van der Waals surface area contributed by atoms with Crippen LogP contribution in [0.5, 0.6) is 6.01 Å². The van der Waals surface area contributed by atoms with Crippen LogP contribution in [0.3, 0.4) is 0 Å². The summed E-state index contributed by atoms with van der Waals surface area (Å²) in [5.41, 5.74) is 1.87. The first kappa shape index (κ1) is 39.9. The number of nitrogens with one attached hydrogen (secondary N) is 5. The second-order valence-corrected chi connectivity index (χ2v) is 13.1. The number of ether oxygens (including phenoxy) is 2. The molecule has 16 nitrogen and oxygen atoms in total. The standard InChI is InChI=1S/C37H34ClF3N10O6/c1-21-42-17-18-51(21)27-13-11-25(12-14-27)44-31(54)30(53)43-19-28(32(55)56-2)46-29(52)22-3-9-26(10-4-22)45-33-47-34(49-35(48-33)57-20-37(39,40)41)50-36(15-16-36)23-5-7-24(38)8-6-23/h3-14,17-18,28H,15-16,19-20H2,1-2H3,(H,43,53)(H,44,54)(H,46,52)(H2,45,47,48,49,50)/t28-/m0/s1. The summed E-state index contributed by atoms with van der Waals surface area (Å²) in [6.45, 7) is -0.271. The van der Waals surface area contributed by atoms with Gasteiger partial charge in [-0.1, -0.05) is 23.7 Å². The molecule has 5 N–H and O–H groups in total. The summed E-state index contributed by atoms with van der Waals surface area (Å²) >= 11 is 6.03. The number of halogens is 4. The van der Waals surface area contributed by atoms with Crippen molar-refractivity contribution in [2.75, 3.05) is 36.2 Å². The van der Waals surface area contributed by atoms with Crippen LogP contribution in [-0.4, -0.2) is 80.7 Å². The molecule has 3 aromatic carbocycles. The summed E-state index contributed by atoms with van der Waals surface area (Å²) in [7, 11) is 1.09. The SMILES string of the molecule is COC(=O)[C@H](CNC(=O)C(=O)Nc1ccc(-n2ccnc2C)cc1)NC(=O)c1ccc(Nc2nc(NC3(c4ccc(Cl)cc4)CC3)nc(OCC(F)(F)F)n2)cc1. The molecule has 0 spiro atoms. The zero-order chi connectivity index (χ0) is 40.7. The van der Waals surface area contributed by atoms with Gasteiger partial charge in [0.15, 0.2) is 6.61 Å². The molecular formula is C37H34ClF3N10O6. The number of amides is 3. The number of rotatable bonds is 14. The van der Waals surface area contributed by atoms with Crippen molar-refractivity contribution in [3.8, 4) is 11.7 Å². The summed E-state index contributed by atoms with van der Waals surface area (Å²) in [6.07, 6.45) is 0.187. The van der Waals surface area contributed by atoms with Crippen molar-refractivity contribution in [2.45, 2.75) is 37.5 Å². The van der Waals surface area contributed by atoms with Gasteiger partial charge < -0.3 is 40.6 Å². The lowest BCUT2D eigenvalue weighted by molar-refractivity contribution is -0.154. The van der Waals surface area contributed by atoms with Crippen LogP contribution >= 0.6 is 11.6 Å². The molecule has 20 heteroatoms. The number of hydrogen-bond donors (Lipinski definition) is 5. The number of imidazole rings is 1. The number of alkyl halides is 3. The fourth-order valence-corrected chi connectivity index (χ4v) is 5.63. The highest BCUT2D eigenvalue weighted by Crippen LogP contribution is 2.48. The molecule has 5 aromatic rings. The molecule has 1 aliphatic carbocycles. The van der Waals surface area contributed by atoms with E-state index in [0.717, 1.165) is 24.2 Å². The Hall–Kier alpha value is -6.76. The lowest BCUT2D eigenvalue weighted by atomic mass is 10.1. The fraction of sp³-hybridized carbons (Fsp3) is 0.243. The molecular weight excluding hydrogens is 773 g/mol. The van der Waals surface area contributed by atoms with Crippen LogP contribution in [0.2, 0.25) is 5.02 Å². The Morgan fingerprint density at radius 2 is 1.56 bits per heavy atom. The van der Waals surface area contributed by atoms with Gasteiger partial charge in [-0.3, -0.25) is 14.4 Å². The number of aryl methyl sites for hydroxylation is 1. The summed E-state index contributed by atoms with van der Waals surface area (Å²) in [5, 5.41) is 13.8. The summed E-state index contributed by atoms with van der Waals surface area (Å²) < 4.78 is 50.4. The molecule has 3 amide bonds. The van der Waals surface area contributed by atoms with Gasteiger partial charge in [0.25, 0.3) is 5.91 Å². The van der Waals surface area contributed by atoms with Crippen molar-refractivity contribution >= 4 is 58.6 Å². The third-order valence-electron chi connectivity index (χ3n) is 8.57. The lowest BCUT2D eigenvalue weighted by Gasteiger charge is -2.19. The van der Waals surface area contributed by atoms with Gasteiger partial charge >= 0.3 is 30.0 Å². The Kier molecular flexibility index (Phi) is 11.9. The number of carbonyl (C=O) groups is 4. The highest BCUT2D eigenvalue weighted by Gasteiger charge is 2.45. The van der Waals surface area contributed by atoms with Crippen LogP contribution in [0.15, 0.2) is 85.2 Å². The topological polar surface area (TPSA) is 203 Å². The van der Waals surface area contributed by atoms with Crippen molar-refractivity contribution in [3.05, 3.63) is 107 Å². The molecule has 2 heterocycles. The van der Waals surface area contributed by atoms with Crippen LogP contribution in [0.25, 0.3) is 5.69 Å².